The zero-order valence-electron chi connectivity index (χ0n) is 15.4. The fourth-order valence-corrected chi connectivity index (χ4v) is 8.18. The van der Waals surface area contributed by atoms with Crippen LogP contribution in [0.4, 0.5) is 0 Å². The van der Waals surface area contributed by atoms with Gasteiger partial charge in [0.25, 0.3) is 8.32 Å². The summed E-state index contributed by atoms with van der Waals surface area (Å²) in [4.78, 5) is 0. The summed E-state index contributed by atoms with van der Waals surface area (Å²) in [6.07, 6.45) is 0. The number of halogens is 1. The molecule has 1 nitrogen and oxygen atoms in total. The van der Waals surface area contributed by atoms with Crippen molar-refractivity contribution >= 4 is 34.6 Å². The Labute approximate surface area is 166 Å². The van der Waals surface area contributed by atoms with E-state index in [1.165, 1.54) is 15.9 Å². The van der Waals surface area contributed by atoms with Crippen LogP contribution in [0.1, 0.15) is 19.4 Å². The first-order valence-corrected chi connectivity index (χ1v) is 12.0. The maximum absolute atomic E-state index is 6.87. The summed E-state index contributed by atoms with van der Waals surface area (Å²) in [7, 11) is -2.33. The van der Waals surface area contributed by atoms with E-state index in [4.69, 9.17) is 4.43 Å². The minimum atomic E-state index is -2.33. The average Bonchev–Trinajstić information content (AvgIpc) is 2.66. The van der Waals surface area contributed by atoms with Gasteiger partial charge in [-0.3, -0.25) is 0 Å². The Morgan fingerprint density at radius 3 is 1.88 bits per heavy atom. The smallest absolute Gasteiger partial charge is 0.256 e. The van der Waals surface area contributed by atoms with Gasteiger partial charge in [0.05, 0.1) is 6.61 Å². The maximum Gasteiger partial charge on any atom is 0.256 e. The molecule has 3 aromatic rings. The molecule has 3 aromatic carbocycles. The van der Waals surface area contributed by atoms with Crippen molar-refractivity contribution in [3.8, 4) is 0 Å². The average molecular weight is 425 g/mol. The lowest BCUT2D eigenvalue weighted by molar-refractivity contribution is 0.299. The van der Waals surface area contributed by atoms with Gasteiger partial charge in [-0.1, -0.05) is 103 Å². The van der Waals surface area contributed by atoms with Gasteiger partial charge in [0, 0.05) is 4.47 Å². The third-order valence-electron chi connectivity index (χ3n) is 4.55. The lowest BCUT2D eigenvalue weighted by atomic mass is 10.2. The number of hydrogen-bond donors (Lipinski definition) is 0. The van der Waals surface area contributed by atoms with Crippen LogP contribution < -0.4 is 10.4 Å². The Morgan fingerprint density at radius 1 is 0.808 bits per heavy atom. The molecule has 0 spiro atoms. The minimum absolute atomic E-state index is 0.560. The first-order chi connectivity index (χ1) is 12.6. The Balaban J connectivity index is 2.04. The van der Waals surface area contributed by atoms with E-state index in [-0.39, 0.29) is 0 Å². The number of benzene rings is 3. The Bertz CT molecular complexity index is 778. The first-order valence-electron chi connectivity index (χ1n) is 9.09. The van der Waals surface area contributed by atoms with Crippen LogP contribution in [-0.4, -0.2) is 8.32 Å². The second kappa shape index (κ2) is 8.80. The molecule has 0 amide bonds. The lowest BCUT2D eigenvalue weighted by Crippen LogP contribution is -2.61. The van der Waals surface area contributed by atoms with Crippen LogP contribution in [0.5, 0.6) is 0 Å². The van der Waals surface area contributed by atoms with Crippen molar-refractivity contribution in [2.45, 2.75) is 26.5 Å². The van der Waals surface area contributed by atoms with Crippen molar-refractivity contribution in [3.63, 3.8) is 0 Å². The first kappa shape index (κ1) is 19.1. The van der Waals surface area contributed by atoms with Gasteiger partial charge < -0.3 is 4.43 Å². The van der Waals surface area contributed by atoms with E-state index in [9.17, 15) is 0 Å². The lowest BCUT2D eigenvalue weighted by Gasteiger charge is -2.34. The molecule has 3 heteroatoms. The monoisotopic (exact) mass is 424 g/mol. The van der Waals surface area contributed by atoms with E-state index < -0.39 is 8.32 Å². The molecule has 0 N–H and O–H groups in total. The maximum atomic E-state index is 6.87. The third kappa shape index (κ3) is 4.53. The van der Waals surface area contributed by atoms with Crippen LogP contribution in [-0.2, 0) is 11.0 Å². The van der Waals surface area contributed by atoms with Gasteiger partial charge in [0.2, 0.25) is 0 Å². The number of hydrogen-bond acceptors (Lipinski definition) is 1. The van der Waals surface area contributed by atoms with Gasteiger partial charge in [-0.2, -0.15) is 0 Å². The van der Waals surface area contributed by atoms with E-state index in [1.807, 2.05) is 0 Å². The molecule has 0 heterocycles. The van der Waals surface area contributed by atoms with Crippen molar-refractivity contribution in [3.05, 3.63) is 95.0 Å². The normalized spacial score (nSPS) is 11.7. The van der Waals surface area contributed by atoms with Crippen molar-refractivity contribution < 1.29 is 4.43 Å². The quantitative estimate of drug-likeness (QED) is 0.462. The van der Waals surface area contributed by atoms with Gasteiger partial charge in [-0.25, -0.2) is 0 Å². The molecule has 0 atom stereocenters. The molecule has 0 bridgehead atoms. The van der Waals surface area contributed by atoms with E-state index in [2.05, 4.69) is 115 Å². The highest BCUT2D eigenvalue weighted by atomic mass is 79.9. The van der Waals surface area contributed by atoms with Gasteiger partial charge in [-0.15, -0.1) is 0 Å². The molecule has 26 heavy (non-hydrogen) atoms. The molecule has 0 fully saturated rings. The highest BCUT2D eigenvalue weighted by Gasteiger charge is 2.40. The summed E-state index contributed by atoms with van der Waals surface area (Å²) in [5.41, 5.74) is 1.20. The summed E-state index contributed by atoms with van der Waals surface area (Å²) in [6, 6.07) is 31.1. The summed E-state index contributed by atoms with van der Waals surface area (Å²) in [5, 5.41) is 2.68. The minimum Gasteiger partial charge on any atom is -0.404 e. The molecule has 0 saturated carbocycles. The largest absolute Gasteiger partial charge is 0.404 e. The summed E-state index contributed by atoms with van der Waals surface area (Å²) >= 11 is 3.57. The standard InChI is InChI=1S/C23H25BrOSi/c1-19(2)18-26(22-12-5-3-6-13-22,23-14-7-4-8-15-23)25-17-20-10-9-11-21(24)16-20/h3-16,19H,17-18H2,1-2H3. The summed E-state index contributed by atoms with van der Waals surface area (Å²) in [5.74, 6) is 0.560. The zero-order valence-corrected chi connectivity index (χ0v) is 17.9. The molecule has 0 aliphatic carbocycles. The number of rotatable bonds is 7. The second-order valence-electron chi connectivity index (χ2n) is 7.08. The molecular weight excluding hydrogens is 400 g/mol. The third-order valence-corrected chi connectivity index (χ3v) is 9.60. The Kier molecular flexibility index (Phi) is 6.46. The molecule has 3 rings (SSSR count). The van der Waals surface area contributed by atoms with Crippen LogP contribution >= 0.6 is 15.9 Å². The van der Waals surface area contributed by atoms with E-state index in [0.717, 1.165) is 10.5 Å². The highest BCUT2D eigenvalue weighted by Crippen LogP contribution is 2.22. The molecule has 0 aromatic heterocycles. The predicted molar refractivity (Wildman–Crippen MR) is 116 cm³/mol. The molecule has 0 saturated heterocycles. The van der Waals surface area contributed by atoms with Crippen molar-refractivity contribution in [2.75, 3.05) is 0 Å². The topological polar surface area (TPSA) is 9.23 Å². The molecule has 0 unspecified atom stereocenters. The van der Waals surface area contributed by atoms with Crippen LogP contribution in [0.2, 0.25) is 6.04 Å². The fraction of sp³-hybridized carbons (Fsp3) is 0.217. The molecule has 0 radical (unpaired) electrons. The summed E-state index contributed by atoms with van der Waals surface area (Å²) < 4.78 is 7.96. The van der Waals surface area contributed by atoms with Crippen LogP contribution in [0.3, 0.4) is 0 Å². The van der Waals surface area contributed by atoms with Gasteiger partial charge in [0.15, 0.2) is 0 Å². The van der Waals surface area contributed by atoms with Crippen molar-refractivity contribution in [2.24, 2.45) is 5.92 Å². The zero-order chi connectivity index (χ0) is 18.4. The highest BCUT2D eigenvalue weighted by molar-refractivity contribution is 9.10. The van der Waals surface area contributed by atoms with Crippen LogP contribution in [0, 0.1) is 5.92 Å². The molecule has 134 valence electrons. The molecule has 0 aliphatic rings. The van der Waals surface area contributed by atoms with Crippen molar-refractivity contribution in [1.82, 2.24) is 0 Å². The summed E-state index contributed by atoms with van der Waals surface area (Å²) in [6.45, 7) is 5.20. The fourth-order valence-electron chi connectivity index (χ4n) is 3.45. The van der Waals surface area contributed by atoms with Crippen molar-refractivity contribution in [1.29, 1.82) is 0 Å². The Morgan fingerprint density at radius 2 is 1.38 bits per heavy atom. The van der Waals surface area contributed by atoms with Gasteiger partial charge >= 0.3 is 0 Å². The predicted octanol–water partition coefficient (Wildman–Crippen LogP) is 5.38. The van der Waals surface area contributed by atoms with Gasteiger partial charge in [-0.05, 0) is 40.0 Å². The SMILES string of the molecule is CC(C)C[Si](OCc1cccc(Br)c1)(c1ccccc1)c1ccccc1. The van der Waals surface area contributed by atoms with E-state index in [1.54, 1.807) is 0 Å². The van der Waals surface area contributed by atoms with Crippen LogP contribution in [0.25, 0.3) is 0 Å². The van der Waals surface area contributed by atoms with Gasteiger partial charge in [0.1, 0.15) is 0 Å². The van der Waals surface area contributed by atoms with Crippen LogP contribution in [0.15, 0.2) is 89.4 Å². The molecule has 0 aliphatic heterocycles. The van der Waals surface area contributed by atoms with E-state index in [0.29, 0.717) is 12.5 Å². The Hall–Kier alpha value is -1.68. The second-order valence-corrected chi connectivity index (χ2v) is 11.5. The molecular formula is C23H25BrOSi. The van der Waals surface area contributed by atoms with E-state index >= 15 is 0 Å².